The molecule has 0 saturated carbocycles. The van der Waals surface area contributed by atoms with Crippen molar-refractivity contribution in [3.63, 3.8) is 0 Å². The summed E-state index contributed by atoms with van der Waals surface area (Å²) in [5.74, 6) is 0.108. The van der Waals surface area contributed by atoms with Gasteiger partial charge in [0.15, 0.2) is 0 Å². The van der Waals surface area contributed by atoms with Crippen LogP contribution in [-0.2, 0) is 35.7 Å². The summed E-state index contributed by atoms with van der Waals surface area (Å²) in [4.78, 5) is 17.0. The SMILES string of the molecule is COc1ccc(/C=N/OCC(=O)OCc2cccc(S(=O)(=O)N3CCOCC3)c2)cc1. The molecule has 0 spiro atoms. The van der Waals surface area contributed by atoms with Gasteiger partial charge in [-0.2, -0.15) is 4.31 Å². The predicted molar refractivity (Wildman–Crippen MR) is 112 cm³/mol. The Morgan fingerprint density at radius 2 is 1.90 bits per heavy atom. The lowest BCUT2D eigenvalue weighted by molar-refractivity contribution is -0.150. The Balaban J connectivity index is 1.47. The molecule has 2 aromatic carbocycles. The standard InChI is InChI=1S/C21H24N2O7S/c1-27-19-7-5-17(6-8-19)14-22-30-16-21(24)29-15-18-3-2-4-20(13-18)31(25,26)23-9-11-28-12-10-23/h2-8,13-14H,9-12,15-16H2,1H3/b22-14+. The normalized spacial score (nSPS) is 15.0. The van der Waals surface area contributed by atoms with Gasteiger partial charge in [0.2, 0.25) is 16.6 Å². The molecular weight excluding hydrogens is 424 g/mol. The van der Waals surface area contributed by atoms with E-state index in [1.165, 1.54) is 22.7 Å². The molecule has 2 aromatic rings. The lowest BCUT2D eigenvalue weighted by Gasteiger charge is -2.26. The van der Waals surface area contributed by atoms with Crippen LogP contribution < -0.4 is 4.74 Å². The number of hydrogen-bond donors (Lipinski definition) is 0. The minimum Gasteiger partial charge on any atom is -0.497 e. The Labute approximate surface area is 181 Å². The topological polar surface area (TPSA) is 104 Å². The second-order valence-electron chi connectivity index (χ2n) is 6.61. The van der Waals surface area contributed by atoms with E-state index in [0.29, 0.717) is 31.9 Å². The van der Waals surface area contributed by atoms with Gasteiger partial charge in [0.25, 0.3) is 0 Å². The van der Waals surface area contributed by atoms with E-state index in [1.54, 1.807) is 43.5 Å². The largest absolute Gasteiger partial charge is 0.497 e. The highest BCUT2D eigenvalue weighted by atomic mass is 32.2. The van der Waals surface area contributed by atoms with E-state index in [1.807, 2.05) is 0 Å². The number of ether oxygens (including phenoxy) is 3. The fourth-order valence-electron chi connectivity index (χ4n) is 2.82. The average Bonchev–Trinajstić information content (AvgIpc) is 2.81. The molecule has 10 heteroatoms. The zero-order chi connectivity index (χ0) is 22.1. The summed E-state index contributed by atoms with van der Waals surface area (Å²) < 4.78 is 42.2. The maximum atomic E-state index is 12.7. The molecule has 0 aliphatic carbocycles. The molecule has 1 aliphatic rings. The molecule has 1 saturated heterocycles. The van der Waals surface area contributed by atoms with Crippen LogP contribution in [0.5, 0.6) is 5.75 Å². The number of carbonyl (C=O) groups excluding carboxylic acids is 1. The van der Waals surface area contributed by atoms with Gasteiger partial charge >= 0.3 is 5.97 Å². The van der Waals surface area contributed by atoms with Crippen molar-refractivity contribution >= 4 is 22.2 Å². The van der Waals surface area contributed by atoms with Gasteiger partial charge in [-0.15, -0.1) is 0 Å². The summed E-state index contributed by atoms with van der Waals surface area (Å²) in [7, 11) is -2.03. The number of morpholine rings is 1. The number of hydrogen-bond acceptors (Lipinski definition) is 8. The third-order valence-electron chi connectivity index (χ3n) is 4.48. The number of methoxy groups -OCH3 is 1. The Bertz CT molecular complexity index is 1000. The minimum absolute atomic E-state index is 0.0726. The van der Waals surface area contributed by atoms with Crippen molar-refractivity contribution in [3.8, 4) is 5.75 Å². The number of oxime groups is 1. The smallest absolute Gasteiger partial charge is 0.347 e. The number of sulfonamides is 1. The van der Waals surface area contributed by atoms with Crippen molar-refractivity contribution in [2.45, 2.75) is 11.5 Å². The number of nitrogens with zero attached hydrogens (tertiary/aromatic N) is 2. The van der Waals surface area contributed by atoms with Crippen molar-refractivity contribution in [2.24, 2.45) is 5.16 Å². The van der Waals surface area contributed by atoms with Gasteiger partial charge in [0.1, 0.15) is 12.4 Å². The van der Waals surface area contributed by atoms with Crippen LogP contribution >= 0.6 is 0 Å². The molecule has 0 aromatic heterocycles. The maximum absolute atomic E-state index is 12.7. The number of carbonyl (C=O) groups is 1. The highest BCUT2D eigenvalue weighted by molar-refractivity contribution is 7.89. The van der Waals surface area contributed by atoms with Gasteiger partial charge in [-0.1, -0.05) is 17.3 Å². The molecule has 0 atom stereocenters. The van der Waals surface area contributed by atoms with Crippen LogP contribution in [0.15, 0.2) is 58.6 Å². The summed E-state index contributed by atoms with van der Waals surface area (Å²) in [5.41, 5.74) is 1.34. The molecular formula is C21H24N2O7S. The van der Waals surface area contributed by atoms with E-state index in [-0.39, 0.29) is 18.1 Å². The lowest BCUT2D eigenvalue weighted by Crippen LogP contribution is -2.40. The summed E-state index contributed by atoms with van der Waals surface area (Å²) in [6.07, 6.45) is 1.46. The molecule has 0 unspecified atom stereocenters. The number of esters is 1. The fourth-order valence-corrected chi connectivity index (χ4v) is 4.29. The van der Waals surface area contributed by atoms with E-state index < -0.39 is 16.0 Å². The monoisotopic (exact) mass is 448 g/mol. The van der Waals surface area contributed by atoms with Gasteiger partial charge < -0.3 is 19.0 Å². The first kappa shape index (κ1) is 22.7. The van der Waals surface area contributed by atoms with Crippen molar-refractivity contribution in [2.75, 3.05) is 40.0 Å². The molecule has 1 aliphatic heterocycles. The van der Waals surface area contributed by atoms with Crippen LogP contribution in [0.1, 0.15) is 11.1 Å². The van der Waals surface area contributed by atoms with Crippen LogP contribution in [0.4, 0.5) is 0 Å². The van der Waals surface area contributed by atoms with Gasteiger partial charge in [0.05, 0.1) is 31.4 Å². The van der Waals surface area contributed by atoms with Crippen molar-refractivity contribution in [3.05, 3.63) is 59.7 Å². The third kappa shape index (κ3) is 6.51. The van der Waals surface area contributed by atoms with Gasteiger partial charge in [0, 0.05) is 13.1 Å². The Hall–Kier alpha value is -2.95. The fraction of sp³-hybridized carbons (Fsp3) is 0.333. The Morgan fingerprint density at radius 3 is 2.61 bits per heavy atom. The highest BCUT2D eigenvalue weighted by Gasteiger charge is 2.26. The first-order valence-electron chi connectivity index (χ1n) is 9.61. The Morgan fingerprint density at radius 1 is 1.16 bits per heavy atom. The summed E-state index contributed by atoms with van der Waals surface area (Å²) in [6, 6.07) is 13.5. The van der Waals surface area contributed by atoms with Crippen molar-refractivity contribution < 1.29 is 32.3 Å². The quantitative estimate of drug-likeness (QED) is 0.327. The second-order valence-corrected chi connectivity index (χ2v) is 8.54. The molecule has 3 rings (SSSR count). The highest BCUT2D eigenvalue weighted by Crippen LogP contribution is 2.18. The van der Waals surface area contributed by atoms with Crippen LogP contribution in [0.2, 0.25) is 0 Å². The second kappa shape index (κ2) is 10.9. The summed E-state index contributed by atoms with van der Waals surface area (Å²) in [6.45, 7) is 0.941. The van der Waals surface area contributed by atoms with Crippen molar-refractivity contribution in [1.82, 2.24) is 4.31 Å². The first-order chi connectivity index (χ1) is 15.0. The Kier molecular flexibility index (Phi) is 7.99. The predicted octanol–water partition coefficient (Wildman–Crippen LogP) is 1.81. The van der Waals surface area contributed by atoms with Crippen LogP contribution in [0, 0.1) is 0 Å². The number of rotatable bonds is 9. The average molecular weight is 448 g/mol. The minimum atomic E-state index is -3.61. The van der Waals surface area contributed by atoms with E-state index in [9.17, 15) is 13.2 Å². The maximum Gasteiger partial charge on any atom is 0.347 e. The molecule has 166 valence electrons. The van der Waals surface area contributed by atoms with Gasteiger partial charge in [-0.25, -0.2) is 13.2 Å². The van der Waals surface area contributed by atoms with Crippen LogP contribution in [-0.4, -0.2) is 64.9 Å². The van der Waals surface area contributed by atoms with E-state index in [2.05, 4.69) is 5.16 Å². The zero-order valence-corrected chi connectivity index (χ0v) is 17.9. The van der Waals surface area contributed by atoms with Gasteiger partial charge in [-0.3, -0.25) is 0 Å². The van der Waals surface area contributed by atoms with E-state index in [4.69, 9.17) is 19.0 Å². The van der Waals surface area contributed by atoms with Crippen LogP contribution in [0.3, 0.4) is 0 Å². The third-order valence-corrected chi connectivity index (χ3v) is 6.38. The molecule has 0 radical (unpaired) electrons. The molecule has 1 heterocycles. The van der Waals surface area contributed by atoms with E-state index in [0.717, 1.165) is 11.3 Å². The van der Waals surface area contributed by atoms with E-state index >= 15 is 0 Å². The molecule has 31 heavy (non-hydrogen) atoms. The zero-order valence-electron chi connectivity index (χ0n) is 17.1. The summed E-state index contributed by atoms with van der Waals surface area (Å²) >= 11 is 0. The molecule has 0 bridgehead atoms. The molecule has 0 N–H and O–H groups in total. The van der Waals surface area contributed by atoms with Crippen LogP contribution in [0.25, 0.3) is 0 Å². The summed E-state index contributed by atoms with van der Waals surface area (Å²) in [5, 5.41) is 3.73. The first-order valence-corrected chi connectivity index (χ1v) is 11.0. The van der Waals surface area contributed by atoms with Gasteiger partial charge in [-0.05, 0) is 47.5 Å². The molecule has 0 amide bonds. The number of benzene rings is 2. The lowest BCUT2D eigenvalue weighted by atomic mass is 10.2. The van der Waals surface area contributed by atoms with Crippen molar-refractivity contribution in [1.29, 1.82) is 0 Å². The molecule has 9 nitrogen and oxygen atoms in total. The molecule has 1 fully saturated rings.